The Hall–Kier alpha value is -1.07. The predicted octanol–water partition coefficient (Wildman–Crippen LogP) is 2.99. The van der Waals surface area contributed by atoms with E-state index in [0.29, 0.717) is 12.1 Å². The molecule has 0 bridgehead atoms. The number of rotatable bonds is 4. The fourth-order valence-electron chi connectivity index (χ4n) is 1.16. The van der Waals surface area contributed by atoms with E-state index >= 15 is 0 Å². The van der Waals surface area contributed by atoms with Crippen LogP contribution in [0.4, 0.5) is 5.69 Å². The normalized spacial score (nSPS) is 12.2. The van der Waals surface area contributed by atoms with Crippen molar-refractivity contribution in [1.82, 2.24) is 0 Å². The molecule has 0 aromatic heterocycles. The SMILES string of the molecule is CCC(C)(C)C(=O)Nc1ccc(S(=O)(=O)Cl)cc1. The van der Waals surface area contributed by atoms with Crippen molar-refractivity contribution < 1.29 is 13.2 Å². The van der Waals surface area contributed by atoms with Crippen LogP contribution in [0.5, 0.6) is 0 Å². The third-order valence-electron chi connectivity index (χ3n) is 2.89. The lowest BCUT2D eigenvalue weighted by Gasteiger charge is -2.21. The molecule has 0 heterocycles. The van der Waals surface area contributed by atoms with Crippen molar-refractivity contribution in [3.8, 4) is 0 Å². The average molecular weight is 290 g/mol. The highest BCUT2D eigenvalue weighted by Crippen LogP contribution is 2.23. The molecule has 1 aromatic rings. The van der Waals surface area contributed by atoms with Crippen LogP contribution in [-0.4, -0.2) is 14.3 Å². The van der Waals surface area contributed by atoms with Crippen LogP contribution >= 0.6 is 10.7 Å². The summed E-state index contributed by atoms with van der Waals surface area (Å²) in [4.78, 5) is 11.9. The zero-order valence-corrected chi connectivity index (χ0v) is 12.1. The van der Waals surface area contributed by atoms with Crippen molar-refractivity contribution in [3.05, 3.63) is 24.3 Å². The van der Waals surface area contributed by atoms with Gasteiger partial charge in [-0.05, 0) is 30.7 Å². The average Bonchev–Trinajstić information content (AvgIpc) is 2.28. The van der Waals surface area contributed by atoms with Crippen LogP contribution in [0.2, 0.25) is 0 Å². The second kappa shape index (κ2) is 5.28. The second-order valence-corrected chi connectivity index (χ2v) is 7.22. The number of hydrogen-bond donors (Lipinski definition) is 1. The van der Waals surface area contributed by atoms with E-state index < -0.39 is 14.5 Å². The van der Waals surface area contributed by atoms with Crippen LogP contribution < -0.4 is 5.32 Å². The molecule has 0 saturated carbocycles. The molecule has 1 rings (SSSR count). The molecule has 0 radical (unpaired) electrons. The molecular formula is C12H16ClNO3S. The molecule has 0 atom stereocenters. The van der Waals surface area contributed by atoms with Gasteiger partial charge in [0.15, 0.2) is 0 Å². The summed E-state index contributed by atoms with van der Waals surface area (Å²) in [6.45, 7) is 5.63. The fraction of sp³-hybridized carbons (Fsp3) is 0.417. The van der Waals surface area contributed by atoms with Gasteiger partial charge in [0.05, 0.1) is 4.90 Å². The van der Waals surface area contributed by atoms with E-state index in [9.17, 15) is 13.2 Å². The van der Waals surface area contributed by atoms with Gasteiger partial charge in [-0.1, -0.05) is 20.8 Å². The van der Waals surface area contributed by atoms with Gasteiger partial charge in [-0.3, -0.25) is 4.79 Å². The molecule has 0 unspecified atom stereocenters. The smallest absolute Gasteiger partial charge is 0.261 e. The Labute approximate surface area is 112 Å². The van der Waals surface area contributed by atoms with E-state index in [-0.39, 0.29) is 10.8 Å². The van der Waals surface area contributed by atoms with Gasteiger partial charge in [-0.15, -0.1) is 0 Å². The third kappa shape index (κ3) is 3.71. The first-order valence-corrected chi connectivity index (χ1v) is 7.84. The molecular weight excluding hydrogens is 274 g/mol. The number of nitrogens with one attached hydrogen (secondary N) is 1. The minimum absolute atomic E-state index is 0.0110. The lowest BCUT2D eigenvalue weighted by Crippen LogP contribution is -2.29. The van der Waals surface area contributed by atoms with E-state index in [4.69, 9.17) is 10.7 Å². The summed E-state index contributed by atoms with van der Waals surface area (Å²) in [5.74, 6) is -0.105. The molecule has 1 aromatic carbocycles. The summed E-state index contributed by atoms with van der Waals surface area (Å²) in [7, 11) is 1.47. The first-order chi connectivity index (χ1) is 8.16. The molecule has 0 saturated heterocycles. The monoisotopic (exact) mass is 289 g/mol. The molecule has 1 amide bonds. The van der Waals surface area contributed by atoms with E-state index in [2.05, 4.69) is 5.32 Å². The van der Waals surface area contributed by atoms with Crippen LogP contribution in [0.25, 0.3) is 0 Å². The van der Waals surface area contributed by atoms with Crippen molar-refractivity contribution in [2.45, 2.75) is 32.1 Å². The van der Waals surface area contributed by atoms with Crippen molar-refractivity contribution in [2.24, 2.45) is 5.41 Å². The third-order valence-corrected chi connectivity index (χ3v) is 4.26. The summed E-state index contributed by atoms with van der Waals surface area (Å²) >= 11 is 0. The van der Waals surface area contributed by atoms with Crippen LogP contribution in [-0.2, 0) is 13.8 Å². The Kier molecular flexibility index (Phi) is 4.40. The van der Waals surface area contributed by atoms with E-state index in [1.54, 1.807) is 0 Å². The number of anilines is 1. The lowest BCUT2D eigenvalue weighted by molar-refractivity contribution is -0.124. The lowest BCUT2D eigenvalue weighted by atomic mass is 9.89. The first kappa shape index (κ1) is 15.0. The highest BCUT2D eigenvalue weighted by molar-refractivity contribution is 8.13. The van der Waals surface area contributed by atoms with E-state index in [1.165, 1.54) is 24.3 Å². The van der Waals surface area contributed by atoms with Crippen LogP contribution in [0, 0.1) is 5.41 Å². The Morgan fingerprint density at radius 3 is 2.17 bits per heavy atom. The molecule has 4 nitrogen and oxygen atoms in total. The number of benzene rings is 1. The number of carbonyl (C=O) groups excluding carboxylic acids is 1. The predicted molar refractivity (Wildman–Crippen MR) is 72.2 cm³/mol. The van der Waals surface area contributed by atoms with Gasteiger partial charge in [-0.25, -0.2) is 8.42 Å². The van der Waals surface area contributed by atoms with Crippen LogP contribution in [0.15, 0.2) is 29.2 Å². The number of carbonyl (C=O) groups is 1. The van der Waals surface area contributed by atoms with Crippen molar-refractivity contribution in [3.63, 3.8) is 0 Å². The van der Waals surface area contributed by atoms with Crippen molar-refractivity contribution in [2.75, 3.05) is 5.32 Å². The molecule has 1 N–H and O–H groups in total. The highest BCUT2D eigenvalue weighted by Gasteiger charge is 2.25. The molecule has 0 spiro atoms. The summed E-state index contributed by atoms with van der Waals surface area (Å²) < 4.78 is 22.1. The largest absolute Gasteiger partial charge is 0.326 e. The van der Waals surface area contributed by atoms with Gasteiger partial charge in [0, 0.05) is 21.8 Å². The number of hydrogen-bond acceptors (Lipinski definition) is 3. The molecule has 0 aliphatic rings. The fourth-order valence-corrected chi connectivity index (χ4v) is 1.93. The quantitative estimate of drug-likeness (QED) is 0.867. The van der Waals surface area contributed by atoms with Gasteiger partial charge in [-0.2, -0.15) is 0 Å². The maximum absolute atomic E-state index is 11.9. The first-order valence-electron chi connectivity index (χ1n) is 5.53. The summed E-state index contributed by atoms with van der Waals surface area (Å²) in [6, 6.07) is 5.74. The summed E-state index contributed by atoms with van der Waals surface area (Å²) in [5.41, 5.74) is 0.0858. The molecule has 0 aliphatic heterocycles. The summed E-state index contributed by atoms with van der Waals surface area (Å²) in [6.07, 6.45) is 0.715. The van der Waals surface area contributed by atoms with E-state index in [0.717, 1.165) is 0 Å². The Bertz CT molecular complexity index is 535. The molecule has 0 fully saturated rings. The van der Waals surface area contributed by atoms with Gasteiger partial charge >= 0.3 is 0 Å². The summed E-state index contributed by atoms with van der Waals surface area (Å²) in [5, 5.41) is 2.73. The second-order valence-electron chi connectivity index (χ2n) is 4.65. The van der Waals surface area contributed by atoms with Crippen molar-refractivity contribution >= 4 is 31.3 Å². The van der Waals surface area contributed by atoms with Gasteiger partial charge in [0.2, 0.25) is 5.91 Å². The topological polar surface area (TPSA) is 63.2 Å². The molecule has 0 aliphatic carbocycles. The number of amides is 1. The standard InChI is InChI=1S/C12H16ClNO3S/c1-4-12(2,3)11(15)14-9-5-7-10(8-6-9)18(13,16)17/h5-8H,4H2,1-3H3,(H,14,15). The van der Waals surface area contributed by atoms with Gasteiger partial charge < -0.3 is 5.32 Å². The number of halogens is 1. The Morgan fingerprint density at radius 1 is 1.28 bits per heavy atom. The minimum Gasteiger partial charge on any atom is -0.326 e. The van der Waals surface area contributed by atoms with Gasteiger partial charge in [0.25, 0.3) is 9.05 Å². The Morgan fingerprint density at radius 2 is 1.78 bits per heavy atom. The molecule has 100 valence electrons. The molecule has 18 heavy (non-hydrogen) atoms. The van der Waals surface area contributed by atoms with Crippen LogP contribution in [0.3, 0.4) is 0 Å². The van der Waals surface area contributed by atoms with Crippen molar-refractivity contribution in [1.29, 1.82) is 0 Å². The van der Waals surface area contributed by atoms with Crippen LogP contribution in [0.1, 0.15) is 27.2 Å². The molecule has 6 heteroatoms. The zero-order valence-electron chi connectivity index (χ0n) is 10.5. The maximum atomic E-state index is 11.9. The maximum Gasteiger partial charge on any atom is 0.261 e. The van der Waals surface area contributed by atoms with Gasteiger partial charge in [0.1, 0.15) is 0 Å². The Balaban J connectivity index is 2.86. The zero-order chi connectivity index (χ0) is 14.0. The minimum atomic E-state index is -3.72. The highest BCUT2D eigenvalue weighted by atomic mass is 35.7. The van der Waals surface area contributed by atoms with E-state index in [1.807, 2.05) is 20.8 Å².